The maximum absolute atomic E-state index is 5.34. The molecule has 86 valence electrons. The Morgan fingerprint density at radius 3 is 2.47 bits per heavy atom. The molecule has 0 N–H and O–H groups in total. The smallest absolute Gasteiger partial charge is 0.183 e. The largest absolute Gasteiger partial charge is 0.484 e. The van der Waals surface area contributed by atoms with E-state index in [-0.39, 0.29) is 0 Å². The Hall–Kier alpha value is -0.530. The number of rotatable bonds is 1. The molecule has 1 atom stereocenters. The van der Waals surface area contributed by atoms with Gasteiger partial charge in [-0.1, -0.05) is 25.7 Å². The van der Waals surface area contributed by atoms with E-state index in [0.717, 1.165) is 18.2 Å². The molecule has 0 aromatic carbocycles. The second kappa shape index (κ2) is 5.53. The number of hydrogen-bond acceptors (Lipinski definition) is 2. The van der Waals surface area contributed by atoms with Crippen molar-refractivity contribution in [2.75, 3.05) is 7.11 Å². The predicted octanol–water partition coefficient (Wildman–Crippen LogP) is 3.55. The van der Waals surface area contributed by atoms with Crippen molar-refractivity contribution in [2.45, 2.75) is 63.8 Å². The average Bonchev–Trinajstić information content (AvgIpc) is 2.55. The zero-order valence-corrected chi connectivity index (χ0v) is 9.87. The highest BCUT2D eigenvalue weighted by Crippen LogP contribution is 2.31. The van der Waals surface area contributed by atoms with Gasteiger partial charge in [-0.15, -0.1) is 0 Å². The quantitative estimate of drug-likeness (QED) is 0.647. The van der Waals surface area contributed by atoms with Gasteiger partial charge in [0.05, 0.1) is 13.2 Å². The van der Waals surface area contributed by atoms with E-state index in [1.165, 1.54) is 51.4 Å². The molecule has 1 aliphatic carbocycles. The normalized spacial score (nSPS) is 29.4. The Morgan fingerprint density at radius 2 is 1.73 bits per heavy atom. The molecule has 2 heteroatoms. The highest BCUT2D eigenvalue weighted by molar-refractivity contribution is 5.76. The average molecular weight is 209 g/mol. The highest BCUT2D eigenvalue weighted by atomic mass is 16.5. The summed E-state index contributed by atoms with van der Waals surface area (Å²) in [7, 11) is 1.77. The lowest BCUT2D eigenvalue weighted by Gasteiger charge is -2.27. The van der Waals surface area contributed by atoms with E-state index in [1.54, 1.807) is 7.11 Å². The lowest BCUT2D eigenvalue weighted by molar-refractivity contribution is 0.291. The number of aliphatic imine (C=N–C) groups is 1. The molecule has 0 spiro atoms. The molecule has 15 heavy (non-hydrogen) atoms. The first-order valence-electron chi connectivity index (χ1n) is 6.51. The van der Waals surface area contributed by atoms with Crippen LogP contribution in [0, 0.1) is 5.92 Å². The van der Waals surface area contributed by atoms with Crippen molar-refractivity contribution < 1.29 is 4.74 Å². The summed E-state index contributed by atoms with van der Waals surface area (Å²) in [5.74, 6) is 1.85. The van der Waals surface area contributed by atoms with Crippen LogP contribution in [0.1, 0.15) is 57.8 Å². The molecule has 1 fully saturated rings. The molecule has 0 radical (unpaired) electrons. The Morgan fingerprint density at radius 1 is 1.00 bits per heavy atom. The van der Waals surface area contributed by atoms with Gasteiger partial charge in [0.15, 0.2) is 5.90 Å². The zero-order valence-electron chi connectivity index (χ0n) is 9.87. The Kier molecular flexibility index (Phi) is 4.04. The fourth-order valence-corrected chi connectivity index (χ4v) is 2.96. The van der Waals surface area contributed by atoms with Crippen LogP contribution in [0.25, 0.3) is 0 Å². The molecule has 0 amide bonds. The maximum atomic E-state index is 5.34. The number of nitrogens with zero attached hydrogens (tertiary/aromatic N) is 1. The molecule has 1 saturated carbocycles. The van der Waals surface area contributed by atoms with Crippen molar-refractivity contribution in [3.8, 4) is 0 Å². The van der Waals surface area contributed by atoms with E-state index in [1.807, 2.05) is 0 Å². The molecule has 2 rings (SSSR count). The van der Waals surface area contributed by atoms with Crippen LogP contribution in [-0.4, -0.2) is 19.0 Å². The monoisotopic (exact) mass is 209 g/mol. The molecule has 0 saturated heterocycles. The van der Waals surface area contributed by atoms with E-state index in [4.69, 9.17) is 9.73 Å². The summed E-state index contributed by atoms with van der Waals surface area (Å²) < 4.78 is 5.34. The van der Waals surface area contributed by atoms with Crippen LogP contribution in [0.4, 0.5) is 0 Å². The molecule has 0 aromatic rings. The molecule has 2 aliphatic rings. The van der Waals surface area contributed by atoms with Crippen molar-refractivity contribution in [2.24, 2.45) is 10.9 Å². The molecule has 1 aliphatic heterocycles. The van der Waals surface area contributed by atoms with Gasteiger partial charge in [0, 0.05) is 6.42 Å². The first-order valence-corrected chi connectivity index (χ1v) is 6.51. The van der Waals surface area contributed by atoms with E-state index in [2.05, 4.69) is 0 Å². The number of ether oxygens (including phenoxy) is 1. The summed E-state index contributed by atoms with van der Waals surface area (Å²) in [4.78, 5) is 4.81. The van der Waals surface area contributed by atoms with Crippen LogP contribution in [-0.2, 0) is 4.74 Å². The minimum atomic E-state index is 0.572. The molecule has 0 bridgehead atoms. The molecule has 0 aromatic heterocycles. The highest BCUT2D eigenvalue weighted by Gasteiger charge is 2.24. The van der Waals surface area contributed by atoms with Crippen LogP contribution in [0.15, 0.2) is 4.99 Å². The van der Waals surface area contributed by atoms with Gasteiger partial charge in [0.2, 0.25) is 0 Å². The fraction of sp³-hybridized carbons (Fsp3) is 0.923. The second-order valence-corrected chi connectivity index (χ2v) is 4.94. The number of methoxy groups -OCH3 is 1. The van der Waals surface area contributed by atoms with Gasteiger partial charge in [-0.3, -0.25) is 4.99 Å². The first-order chi connectivity index (χ1) is 7.40. The minimum Gasteiger partial charge on any atom is -0.484 e. The van der Waals surface area contributed by atoms with Crippen LogP contribution < -0.4 is 0 Å². The minimum absolute atomic E-state index is 0.572. The summed E-state index contributed by atoms with van der Waals surface area (Å²) in [6.07, 6.45) is 12.0. The van der Waals surface area contributed by atoms with Gasteiger partial charge in [-0.2, -0.15) is 0 Å². The maximum Gasteiger partial charge on any atom is 0.183 e. The van der Waals surface area contributed by atoms with Gasteiger partial charge < -0.3 is 4.74 Å². The molecule has 1 unspecified atom stereocenters. The Labute approximate surface area is 93.1 Å². The third kappa shape index (κ3) is 2.96. The van der Waals surface area contributed by atoms with Gasteiger partial charge in [0.1, 0.15) is 0 Å². The van der Waals surface area contributed by atoms with Crippen molar-refractivity contribution in [3.05, 3.63) is 0 Å². The fourth-order valence-electron chi connectivity index (χ4n) is 2.96. The third-order valence-corrected chi connectivity index (χ3v) is 3.88. The van der Waals surface area contributed by atoms with E-state index in [9.17, 15) is 0 Å². The van der Waals surface area contributed by atoms with Crippen molar-refractivity contribution >= 4 is 5.90 Å². The van der Waals surface area contributed by atoms with E-state index in [0.29, 0.717) is 6.04 Å². The summed E-state index contributed by atoms with van der Waals surface area (Å²) in [5.41, 5.74) is 0. The van der Waals surface area contributed by atoms with Crippen molar-refractivity contribution in [1.29, 1.82) is 0 Å². The molecule has 2 nitrogen and oxygen atoms in total. The van der Waals surface area contributed by atoms with Crippen molar-refractivity contribution in [1.82, 2.24) is 0 Å². The summed E-state index contributed by atoms with van der Waals surface area (Å²) in [6.45, 7) is 0. The zero-order chi connectivity index (χ0) is 10.5. The van der Waals surface area contributed by atoms with Gasteiger partial charge >= 0.3 is 0 Å². The molecule has 1 heterocycles. The summed E-state index contributed by atoms with van der Waals surface area (Å²) in [6, 6.07) is 0.572. The van der Waals surface area contributed by atoms with Crippen molar-refractivity contribution in [3.63, 3.8) is 0 Å². The summed E-state index contributed by atoms with van der Waals surface area (Å²) in [5, 5.41) is 0. The molecular formula is C13H23NO. The molecular weight excluding hydrogens is 186 g/mol. The van der Waals surface area contributed by atoms with E-state index >= 15 is 0 Å². The Bertz CT molecular complexity index is 219. The predicted molar refractivity (Wildman–Crippen MR) is 63.3 cm³/mol. The Balaban J connectivity index is 1.98. The lowest BCUT2D eigenvalue weighted by Crippen LogP contribution is -2.22. The first kappa shape index (κ1) is 11.0. The summed E-state index contributed by atoms with van der Waals surface area (Å²) >= 11 is 0. The topological polar surface area (TPSA) is 21.6 Å². The van der Waals surface area contributed by atoms with Crippen LogP contribution >= 0.6 is 0 Å². The third-order valence-electron chi connectivity index (χ3n) is 3.88. The SMILES string of the molecule is COC1=NC(C2CCCCC2)CCCC1. The van der Waals surface area contributed by atoms with Gasteiger partial charge in [-0.25, -0.2) is 0 Å². The van der Waals surface area contributed by atoms with E-state index < -0.39 is 0 Å². The standard InChI is InChI=1S/C13H23NO/c1-15-13-10-6-5-9-12(14-13)11-7-3-2-4-8-11/h11-12H,2-10H2,1H3. The lowest BCUT2D eigenvalue weighted by atomic mass is 9.82. The van der Waals surface area contributed by atoms with Gasteiger partial charge in [0.25, 0.3) is 0 Å². The van der Waals surface area contributed by atoms with Gasteiger partial charge in [-0.05, 0) is 31.6 Å². The second-order valence-electron chi connectivity index (χ2n) is 4.94. The van der Waals surface area contributed by atoms with Crippen LogP contribution in [0.5, 0.6) is 0 Å². The van der Waals surface area contributed by atoms with Crippen LogP contribution in [0.3, 0.4) is 0 Å². The number of hydrogen-bond donors (Lipinski definition) is 0. The van der Waals surface area contributed by atoms with Crippen LogP contribution in [0.2, 0.25) is 0 Å².